The molecule has 0 saturated heterocycles. The molecule has 1 aromatic carbocycles. The van der Waals surface area contributed by atoms with Gasteiger partial charge in [-0.25, -0.2) is 4.79 Å². The second-order valence-corrected chi connectivity index (χ2v) is 3.10. The molecule has 14 heavy (non-hydrogen) atoms. The van der Waals surface area contributed by atoms with Gasteiger partial charge in [-0.1, -0.05) is 17.7 Å². The van der Waals surface area contributed by atoms with Gasteiger partial charge in [0.05, 0.1) is 19.3 Å². The van der Waals surface area contributed by atoms with Gasteiger partial charge in [-0.15, -0.1) is 0 Å². The lowest BCUT2D eigenvalue weighted by Gasteiger charge is -2.08. The molecular formula is C10H11ClO3. The summed E-state index contributed by atoms with van der Waals surface area (Å²) in [5.74, 6) is -0.403. The predicted octanol–water partition coefficient (Wildman–Crippen LogP) is 2.27. The summed E-state index contributed by atoms with van der Waals surface area (Å²) in [5.41, 5.74) is 1.10. The highest BCUT2D eigenvalue weighted by molar-refractivity contribution is 6.31. The second-order valence-electron chi connectivity index (χ2n) is 2.69. The lowest BCUT2D eigenvalue weighted by molar-refractivity contribution is 0.0596. The third-order valence-electron chi connectivity index (χ3n) is 1.81. The number of benzene rings is 1. The summed E-state index contributed by atoms with van der Waals surface area (Å²) in [5, 5.41) is 0.509. The van der Waals surface area contributed by atoms with Crippen LogP contribution in [-0.2, 0) is 16.1 Å². The minimum absolute atomic E-state index is 0.296. The molecule has 0 amide bonds. The first-order chi connectivity index (χ1) is 6.70. The molecule has 0 aliphatic rings. The van der Waals surface area contributed by atoms with Gasteiger partial charge in [0, 0.05) is 17.7 Å². The van der Waals surface area contributed by atoms with E-state index in [0.717, 1.165) is 0 Å². The monoisotopic (exact) mass is 214 g/mol. The predicted molar refractivity (Wildman–Crippen MR) is 53.5 cm³/mol. The molecule has 0 radical (unpaired) electrons. The van der Waals surface area contributed by atoms with Crippen LogP contribution in [0.1, 0.15) is 15.9 Å². The molecule has 0 fully saturated rings. The Kier molecular flexibility index (Phi) is 3.92. The van der Waals surface area contributed by atoms with Crippen LogP contribution in [0.2, 0.25) is 5.02 Å². The zero-order chi connectivity index (χ0) is 10.6. The fourth-order valence-electron chi connectivity index (χ4n) is 1.15. The Balaban J connectivity index is 3.13. The number of ether oxygens (including phenoxy) is 2. The third kappa shape index (κ3) is 2.25. The van der Waals surface area contributed by atoms with Gasteiger partial charge < -0.3 is 9.47 Å². The van der Waals surface area contributed by atoms with Crippen LogP contribution >= 0.6 is 11.6 Å². The highest BCUT2D eigenvalue weighted by Gasteiger charge is 2.13. The molecule has 3 nitrogen and oxygen atoms in total. The van der Waals surface area contributed by atoms with Crippen molar-refractivity contribution in [3.8, 4) is 0 Å². The van der Waals surface area contributed by atoms with E-state index in [1.807, 2.05) is 0 Å². The van der Waals surface area contributed by atoms with Crippen molar-refractivity contribution in [2.24, 2.45) is 0 Å². The topological polar surface area (TPSA) is 35.5 Å². The van der Waals surface area contributed by atoms with Gasteiger partial charge >= 0.3 is 5.97 Å². The van der Waals surface area contributed by atoms with E-state index in [-0.39, 0.29) is 0 Å². The Labute approximate surface area is 87.6 Å². The number of esters is 1. The molecular weight excluding hydrogens is 204 g/mol. The smallest absolute Gasteiger partial charge is 0.338 e. The van der Waals surface area contributed by atoms with Crippen molar-refractivity contribution in [2.75, 3.05) is 14.2 Å². The molecule has 0 saturated carbocycles. The summed E-state index contributed by atoms with van der Waals surface area (Å²) in [7, 11) is 2.88. The van der Waals surface area contributed by atoms with E-state index in [1.165, 1.54) is 7.11 Å². The van der Waals surface area contributed by atoms with Crippen molar-refractivity contribution in [3.05, 3.63) is 34.3 Å². The van der Waals surface area contributed by atoms with E-state index >= 15 is 0 Å². The van der Waals surface area contributed by atoms with Crippen molar-refractivity contribution in [1.29, 1.82) is 0 Å². The Morgan fingerprint density at radius 3 is 2.71 bits per heavy atom. The molecule has 0 unspecified atom stereocenters. The van der Waals surface area contributed by atoms with E-state index in [2.05, 4.69) is 4.74 Å². The largest absolute Gasteiger partial charge is 0.465 e. The SMILES string of the molecule is COCc1c(Cl)cccc1C(=O)OC. The van der Waals surface area contributed by atoms with Gasteiger partial charge in [-0.2, -0.15) is 0 Å². The standard InChI is InChI=1S/C10H11ClO3/c1-13-6-8-7(10(12)14-2)4-3-5-9(8)11/h3-5H,6H2,1-2H3. The van der Waals surface area contributed by atoms with Gasteiger partial charge in [0.25, 0.3) is 0 Å². The van der Waals surface area contributed by atoms with Crippen molar-refractivity contribution in [3.63, 3.8) is 0 Å². The van der Waals surface area contributed by atoms with Gasteiger partial charge in [-0.05, 0) is 12.1 Å². The van der Waals surface area contributed by atoms with Crippen molar-refractivity contribution in [1.82, 2.24) is 0 Å². The Hall–Kier alpha value is -1.06. The number of hydrogen-bond donors (Lipinski definition) is 0. The van der Waals surface area contributed by atoms with Crippen molar-refractivity contribution < 1.29 is 14.3 Å². The van der Waals surface area contributed by atoms with Crippen LogP contribution in [0.5, 0.6) is 0 Å². The maximum absolute atomic E-state index is 11.3. The van der Waals surface area contributed by atoms with Crippen LogP contribution in [0.4, 0.5) is 0 Å². The average Bonchev–Trinajstić information content (AvgIpc) is 2.20. The number of rotatable bonds is 3. The molecule has 0 atom stereocenters. The minimum atomic E-state index is -0.403. The first-order valence-electron chi connectivity index (χ1n) is 4.05. The molecule has 4 heteroatoms. The van der Waals surface area contributed by atoms with Gasteiger partial charge in [-0.3, -0.25) is 0 Å². The molecule has 0 aliphatic carbocycles. The lowest BCUT2D eigenvalue weighted by Crippen LogP contribution is -2.06. The van der Waals surface area contributed by atoms with Crippen LogP contribution in [0.15, 0.2) is 18.2 Å². The molecule has 1 rings (SSSR count). The minimum Gasteiger partial charge on any atom is -0.465 e. The van der Waals surface area contributed by atoms with Gasteiger partial charge in [0.15, 0.2) is 0 Å². The van der Waals surface area contributed by atoms with Crippen LogP contribution < -0.4 is 0 Å². The molecule has 76 valence electrons. The van der Waals surface area contributed by atoms with Crippen LogP contribution in [0.3, 0.4) is 0 Å². The number of carbonyl (C=O) groups is 1. The lowest BCUT2D eigenvalue weighted by atomic mass is 10.1. The first-order valence-corrected chi connectivity index (χ1v) is 4.43. The van der Waals surface area contributed by atoms with Crippen LogP contribution in [-0.4, -0.2) is 20.2 Å². The van der Waals surface area contributed by atoms with E-state index in [0.29, 0.717) is 22.8 Å². The van der Waals surface area contributed by atoms with Crippen LogP contribution in [0, 0.1) is 0 Å². The normalized spacial score (nSPS) is 9.93. The first kappa shape index (κ1) is 11.0. The summed E-state index contributed by atoms with van der Waals surface area (Å²) in [6, 6.07) is 5.07. The summed E-state index contributed by atoms with van der Waals surface area (Å²) >= 11 is 5.92. The number of carbonyl (C=O) groups excluding carboxylic acids is 1. The summed E-state index contributed by atoms with van der Waals surface area (Å²) < 4.78 is 9.58. The van der Waals surface area contributed by atoms with Gasteiger partial charge in [0.1, 0.15) is 0 Å². The highest BCUT2D eigenvalue weighted by atomic mass is 35.5. The Morgan fingerprint density at radius 2 is 2.14 bits per heavy atom. The van der Waals surface area contributed by atoms with E-state index in [9.17, 15) is 4.79 Å². The Bertz CT molecular complexity index is 336. The fourth-order valence-corrected chi connectivity index (χ4v) is 1.38. The number of methoxy groups -OCH3 is 2. The maximum Gasteiger partial charge on any atom is 0.338 e. The molecule has 0 aromatic heterocycles. The molecule has 0 N–H and O–H groups in total. The fraction of sp³-hybridized carbons (Fsp3) is 0.300. The molecule has 0 bridgehead atoms. The molecule has 0 heterocycles. The van der Waals surface area contributed by atoms with Crippen LogP contribution in [0.25, 0.3) is 0 Å². The average molecular weight is 215 g/mol. The van der Waals surface area contributed by atoms with E-state index < -0.39 is 5.97 Å². The maximum atomic E-state index is 11.3. The summed E-state index contributed by atoms with van der Waals surface area (Å²) in [6.07, 6.45) is 0. The molecule has 0 aliphatic heterocycles. The Morgan fingerprint density at radius 1 is 1.43 bits per heavy atom. The third-order valence-corrected chi connectivity index (χ3v) is 2.17. The second kappa shape index (κ2) is 4.98. The van der Waals surface area contributed by atoms with Gasteiger partial charge in [0.2, 0.25) is 0 Å². The number of hydrogen-bond acceptors (Lipinski definition) is 3. The zero-order valence-corrected chi connectivity index (χ0v) is 8.80. The van der Waals surface area contributed by atoms with Crippen molar-refractivity contribution in [2.45, 2.75) is 6.61 Å². The summed E-state index contributed by atoms with van der Waals surface area (Å²) in [6.45, 7) is 0.296. The van der Waals surface area contributed by atoms with E-state index in [1.54, 1.807) is 25.3 Å². The molecule has 1 aromatic rings. The summed E-state index contributed by atoms with van der Waals surface area (Å²) in [4.78, 5) is 11.3. The number of halogens is 1. The molecule has 0 spiro atoms. The highest BCUT2D eigenvalue weighted by Crippen LogP contribution is 2.21. The van der Waals surface area contributed by atoms with E-state index in [4.69, 9.17) is 16.3 Å². The quantitative estimate of drug-likeness (QED) is 0.725. The van der Waals surface area contributed by atoms with Crippen molar-refractivity contribution >= 4 is 17.6 Å². The zero-order valence-electron chi connectivity index (χ0n) is 8.04.